The van der Waals surface area contributed by atoms with Gasteiger partial charge in [-0.25, -0.2) is 4.98 Å². The van der Waals surface area contributed by atoms with Gasteiger partial charge in [0.25, 0.3) is 0 Å². The van der Waals surface area contributed by atoms with E-state index < -0.39 is 0 Å². The Labute approximate surface area is 122 Å². The van der Waals surface area contributed by atoms with Crippen LogP contribution in [-0.4, -0.2) is 11.6 Å². The first kappa shape index (κ1) is 14.2. The fourth-order valence-electron chi connectivity index (χ4n) is 1.49. The van der Waals surface area contributed by atoms with Crippen molar-refractivity contribution in [3.63, 3.8) is 0 Å². The van der Waals surface area contributed by atoms with Gasteiger partial charge in [0.2, 0.25) is 0 Å². The summed E-state index contributed by atoms with van der Waals surface area (Å²) in [6.07, 6.45) is 1.79. The minimum atomic E-state index is 0.536. The molecule has 0 saturated heterocycles. The van der Waals surface area contributed by atoms with Crippen LogP contribution in [0.1, 0.15) is 18.7 Å². The highest BCUT2D eigenvalue weighted by atomic mass is 35.5. The maximum absolute atomic E-state index is 5.79. The molecule has 0 amide bonds. The van der Waals surface area contributed by atoms with Crippen molar-refractivity contribution < 1.29 is 4.74 Å². The van der Waals surface area contributed by atoms with Crippen LogP contribution < -0.4 is 10.1 Å². The van der Waals surface area contributed by atoms with E-state index in [0.717, 1.165) is 29.5 Å². The Morgan fingerprint density at radius 1 is 1.32 bits per heavy atom. The normalized spacial score (nSPS) is 10.7. The van der Waals surface area contributed by atoms with Crippen LogP contribution in [0.2, 0.25) is 4.47 Å². The summed E-state index contributed by atoms with van der Waals surface area (Å²) in [6.45, 7) is 5.74. The fraction of sp³-hybridized carbons (Fsp3) is 0.357. The van der Waals surface area contributed by atoms with Gasteiger partial charge in [-0.2, -0.15) is 0 Å². The second-order valence-electron chi connectivity index (χ2n) is 4.66. The molecule has 1 aromatic heterocycles. The van der Waals surface area contributed by atoms with Crippen LogP contribution in [0.3, 0.4) is 0 Å². The first-order valence-electron chi connectivity index (χ1n) is 6.20. The van der Waals surface area contributed by atoms with E-state index in [1.165, 1.54) is 11.3 Å². The predicted molar refractivity (Wildman–Crippen MR) is 81.2 cm³/mol. The molecule has 0 saturated carbocycles. The van der Waals surface area contributed by atoms with Gasteiger partial charge in [0.15, 0.2) is 4.47 Å². The molecule has 102 valence electrons. The number of halogens is 1. The van der Waals surface area contributed by atoms with Crippen molar-refractivity contribution in [2.75, 3.05) is 11.9 Å². The molecule has 0 aliphatic rings. The Morgan fingerprint density at radius 2 is 2.05 bits per heavy atom. The summed E-state index contributed by atoms with van der Waals surface area (Å²) in [5.74, 6) is 1.44. The minimum absolute atomic E-state index is 0.536. The average Bonchev–Trinajstić information content (AvgIpc) is 2.81. The molecule has 0 spiro atoms. The molecule has 19 heavy (non-hydrogen) atoms. The topological polar surface area (TPSA) is 34.1 Å². The molecule has 0 aliphatic heterocycles. The van der Waals surface area contributed by atoms with Crippen molar-refractivity contribution in [1.29, 1.82) is 0 Å². The van der Waals surface area contributed by atoms with Gasteiger partial charge in [-0.3, -0.25) is 0 Å². The number of anilines is 1. The van der Waals surface area contributed by atoms with E-state index in [2.05, 4.69) is 24.1 Å². The van der Waals surface area contributed by atoms with E-state index >= 15 is 0 Å². The largest absolute Gasteiger partial charge is 0.493 e. The van der Waals surface area contributed by atoms with Crippen LogP contribution in [0.25, 0.3) is 0 Å². The van der Waals surface area contributed by atoms with Gasteiger partial charge in [0, 0.05) is 16.8 Å². The SMILES string of the molecule is CC(C)COc1ccc(NCc2cnc(Cl)s2)cc1. The Kier molecular flexibility index (Phi) is 5.05. The third-order valence-corrected chi connectivity index (χ3v) is 3.54. The second kappa shape index (κ2) is 6.78. The van der Waals surface area contributed by atoms with Crippen molar-refractivity contribution in [3.8, 4) is 5.75 Å². The second-order valence-corrected chi connectivity index (χ2v) is 6.36. The molecule has 0 bridgehead atoms. The van der Waals surface area contributed by atoms with Gasteiger partial charge in [-0.15, -0.1) is 11.3 Å². The minimum Gasteiger partial charge on any atom is -0.493 e. The fourth-order valence-corrected chi connectivity index (χ4v) is 2.40. The number of nitrogens with zero attached hydrogens (tertiary/aromatic N) is 1. The van der Waals surface area contributed by atoms with Crippen molar-refractivity contribution >= 4 is 28.6 Å². The maximum atomic E-state index is 5.79. The zero-order valence-corrected chi connectivity index (χ0v) is 12.6. The predicted octanol–water partition coefficient (Wildman–Crippen LogP) is 4.44. The number of aromatic nitrogens is 1. The number of ether oxygens (including phenoxy) is 1. The average molecular weight is 297 g/mol. The Morgan fingerprint density at radius 3 is 2.63 bits per heavy atom. The number of rotatable bonds is 6. The first-order valence-corrected chi connectivity index (χ1v) is 7.40. The standard InChI is InChI=1S/C14H17ClN2OS/c1-10(2)9-18-12-5-3-11(4-6-12)16-7-13-8-17-14(15)19-13/h3-6,8,10,16H,7,9H2,1-2H3. The summed E-state index contributed by atoms with van der Waals surface area (Å²) >= 11 is 7.27. The molecule has 0 fully saturated rings. The van der Waals surface area contributed by atoms with Gasteiger partial charge < -0.3 is 10.1 Å². The highest BCUT2D eigenvalue weighted by Crippen LogP contribution is 2.20. The molecule has 2 rings (SSSR count). The lowest BCUT2D eigenvalue weighted by Gasteiger charge is -2.09. The lowest BCUT2D eigenvalue weighted by atomic mass is 10.2. The Hall–Kier alpha value is -1.26. The smallest absolute Gasteiger partial charge is 0.183 e. The van der Waals surface area contributed by atoms with E-state index in [1.54, 1.807) is 6.20 Å². The van der Waals surface area contributed by atoms with Crippen LogP contribution in [0, 0.1) is 5.92 Å². The summed E-state index contributed by atoms with van der Waals surface area (Å²) in [5, 5.41) is 3.32. The molecule has 0 radical (unpaired) electrons. The van der Waals surface area contributed by atoms with Gasteiger partial charge in [-0.1, -0.05) is 25.4 Å². The molecule has 1 N–H and O–H groups in total. The van der Waals surface area contributed by atoms with E-state index in [4.69, 9.17) is 16.3 Å². The van der Waals surface area contributed by atoms with Gasteiger partial charge in [0.1, 0.15) is 5.75 Å². The molecule has 1 heterocycles. The van der Waals surface area contributed by atoms with Crippen molar-refractivity contribution in [1.82, 2.24) is 4.98 Å². The molecule has 2 aromatic rings. The van der Waals surface area contributed by atoms with Crippen LogP contribution in [0.4, 0.5) is 5.69 Å². The summed E-state index contributed by atoms with van der Waals surface area (Å²) in [4.78, 5) is 5.12. The zero-order chi connectivity index (χ0) is 13.7. The number of thiazole rings is 1. The summed E-state index contributed by atoms with van der Waals surface area (Å²) in [5.41, 5.74) is 1.06. The van der Waals surface area contributed by atoms with Crippen molar-refractivity contribution in [2.24, 2.45) is 5.92 Å². The van der Waals surface area contributed by atoms with Crippen LogP contribution in [0.15, 0.2) is 30.5 Å². The maximum Gasteiger partial charge on any atom is 0.183 e. The number of nitrogens with one attached hydrogen (secondary N) is 1. The molecule has 3 nitrogen and oxygen atoms in total. The van der Waals surface area contributed by atoms with Crippen LogP contribution in [0.5, 0.6) is 5.75 Å². The molecule has 1 aromatic carbocycles. The number of hydrogen-bond acceptors (Lipinski definition) is 4. The highest BCUT2D eigenvalue weighted by Gasteiger charge is 2.00. The number of benzene rings is 1. The Balaban J connectivity index is 1.84. The molecular formula is C14H17ClN2OS. The Bertz CT molecular complexity index is 510. The van der Waals surface area contributed by atoms with Gasteiger partial charge in [-0.05, 0) is 30.2 Å². The third-order valence-electron chi connectivity index (χ3n) is 2.43. The molecule has 5 heteroatoms. The van der Waals surface area contributed by atoms with E-state index in [1.807, 2.05) is 24.3 Å². The number of hydrogen-bond donors (Lipinski definition) is 1. The summed E-state index contributed by atoms with van der Waals surface area (Å²) < 4.78 is 6.21. The van der Waals surface area contributed by atoms with Crippen LogP contribution in [-0.2, 0) is 6.54 Å². The quantitative estimate of drug-likeness (QED) is 0.855. The van der Waals surface area contributed by atoms with E-state index in [0.29, 0.717) is 10.4 Å². The highest BCUT2D eigenvalue weighted by molar-refractivity contribution is 7.15. The third kappa shape index (κ3) is 4.73. The molecule has 0 aliphatic carbocycles. The van der Waals surface area contributed by atoms with E-state index in [-0.39, 0.29) is 0 Å². The molecular weight excluding hydrogens is 280 g/mol. The molecule has 0 atom stereocenters. The van der Waals surface area contributed by atoms with Crippen molar-refractivity contribution in [2.45, 2.75) is 20.4 Å². The van der Waals surface area contributed by atoms with Gasteiger partial charge in [0.05, 0.1) is 13.2 Å². The van der Waals surface area contributed by atoms with Gasteiger partial charge >= 0.3 is 0 Å². The lowest BCUT2D eigenvalue weighted by molar-refractivity contribution is 0.271. The summed E-state index contributed by atoms with van der Waals surface area (Å²) in [7, 11) is 0. The van der Waals surface area contributed by atoms with Crippen LogP contribution >= 0.6 is 22.9 Å². The first-order chi connectivity index (χ1) is 9.13. The zero-order valence-electron chi connectivity index (χ0n) is 11.0. The summed E-state index contributed by atoms with van der Waals surface area (Å²) in [6, 6.07) is 7.98. The lowest BCUT2D eigenvalue weighted by Crippen LogP contribution is -2.04. The van der Waals surface area contributed by atoms with Crippen molar-refractivity contribution in [3.05, 3.63) is 39.8 Å². The monoisotopic (exact) mass is 296 g/mol. The molecule has 0 unspecified atom stereocenters. The van der Waals surface area contributed by atoms with E-state index in [9.17, 15) is 0 Å².